The number of hydrogen-bond acceptors (Lipinski definition) is 3. The number of benzene rings is 1. The summed E-state index contributed by atoms with van der Waals surface area (Å²) < 4.78 is 0. The third-order valence-electron chi connectivity index (χ3n) is 3.16. The van der Waals surface area contributed by atoms with E-state index in [-0.39, 0.29) is 5.78 Å². The van der Waals surface area contributed by atoms with Gasteiger partial charge in [-0.2, -0.15) is 0 Å². The summed E-state index contributed by atoms with van der Waals surface area (Å²) in [4.78, 5) is 16.5. The lowest BCUT2D eigenvalue weighted by atomic mass is 9.78. The van der Waals surface area contributed by atoms with Crippen molar-refractivity contribution in [3.05, 3.63) is 59.9 Å². The van der Waals surface area contributed by atoms with Gasteiger partial charge in [0.05, 0.1) is 11.0 Å². The van der Waals surface area contributed by atoms with Crippen LogP contribution in [0.25, 0.3) is 0 Å². The molecule has 0 fully saturated rings. The van der Waals surface area contributed by atoms with Crippen LogP contribution in [0.2, 0.25) is 0 Å². The predicted octanol–water partition coefficient (Wildman–Crippen LogP) is 2.82. The van der Waals surface area contributed by atoms with E-state index in [1.54, 1.807) is 12.3 Å². The summed E-state index contributed by atoms with van der Waals surface area (Å²) in [5, 5.41) is 0. The molecule has 2 rings (SSSR count). The first-order valence-electron chi connectivity index (χ1n) is 5.83. The van der Waals surface area contributed by atoms with Crippen molar-refractivity contribution in [2.75, 3.05) is 5.73 Å². The van der Waals surface area contributed by atoms with Crippen LogP contribution in [0.1, 0.15) is 29.8 Å². The average Bonchev–Trinajstić information content (AvgIpc) is 2.39. The fourth-order valence-corrected chi connectivity index (χ4v) is 1.92. The van der Waals surface area contributed by atoms with Gasteiger partial charge in [0.25, 0.3) is 0 Å². The molecular formula is C15H16N2O. The van der Waals surface area contributed by atoms with Crippen molar-refractivity contribution in [1.82, 2.24) is 4.98 Å². The number of aromatic nitrogens is 1. The van der Waals surface area contributed by atoms with Crippen LogP contribution >= 0.6 is 0 Å². The number of Topliss-reactive ketones (excluding diaryl/α,β-unsaturated/α-hetero) is 1. The van der Waals surface area contributed by atoms with E-state index in [4.69, 9.17) is 5.73 Å². The van der Waals surface area contributed by atoms with E-state index in [9.17, 15) is 4.79 Å². The number of pyridine rings is 1. The van der Waals surface area contributed by atoms with Crippen molar-refractivity contribution < 1.29 is 4.79 Å². The van der Waals surface area contributed by atoms with Crippen LogP contribution in [-0.2, 0) is 5.41 Å². The maximum Gasteiger partial charge on any atom is 0.176 e. The lowest BCUT2D eigenvalue weighted by molar-refractivity contribution is 0.0909. The van der Waals surface area contributed by atoms with Crippen LogP contribution in [0, 0.1) is 0 Å². The molecule has 0 bridgehead atoms. The standard InChI is InChI=1S/C15H16N2O/c1-15(2,11-6-4-3-5-7-11)14(18)12-10-17-9-8-13(12)16/h3-10H,1-2H3,(H2,16,17). The van der Waals surface area contributed by atoms with Gasteiger partial charge in [-0.3, -0.25) is 9.78 Å². The van der Waals surface area contributed by atoms with Crippen molar-refractivity contribution in [2.24, 2.45) is 0 Å². The molecule has 3 nitrogen and oxygen atoms in total. The molecule has 0 atom stereocenters. The van der Waals surface area contributed by atoms with Crippen LogP contribution in [0.3, 0.4) is 0 Å². The highest BCUT2D eigenvalue weighted by Gasteiger charge is 2.31. The van der Waals surface area contributed by atoms with Crippen LogP contribution in [0.4, 0.5) is 5.69 Å². The van der Waals surface area contributed by atoms with E-state index in [0.29, 0.717) is 11.3 Å². The Balaban J connectivity index is 2.43. The fourth-order valence-electron chi connectivity index (χ4n) is 1.92. The second-order valence-electron chi connectivity index (χ2n) is 4.78. The van der Waals surface area contributed by atoms with Gasteiger partial charge in [0.2, 0.25) is 0 Å². The predicted molar refractivity (Wildman–Crippen MR) is 72.4 cm³/mol. The highest BCUT2D eigenvalue weighted by Crippen LogP contribution is 2.29. The summed E-state index contributed by atoms with van der Waals surface area (Å²) in [6.07, 6.45) is 3.12. The summed E-state index contributed by atoms with van der Waals surface area (Å²) in [6.45, 7) is 3.80. The number of anilines is 1. The molecule has 1 aromatic heterocycles. The Bertz CT molecular complexity index is 562. The third-order valence-corrected chi connectivity index (χ3v) is 3.16. The molecule has 2 aromatic rings. The fraction of sp³-hybridized carbons (Fsp3) is 0.200. The van der Waals surface area contributed by atoms with Crippen molar-refractivity contribution in [1.29, 1.82) is 0 Å². The Morgan fingerprint density at radius 3 is 2.44 bits per heavy atom. The van der Waals surface area contributed by atoms with Crippen LogP contribution in [-0.4, -0.2) is 10.8 Å². The molecule has 2 N–H and O–H groups in total. The minimum absolute atomic E-state index is 0.0145. The summed E-state index contributed by atoms with van der Waals surface area (Å²) in [5.41, 5.74) is 7.14. The quantitative estimate of drug-likeness (QED) is 0.839. The van der Waals surface area contributed by atoms with E-state index in [0.717, 1.165) is 5.56 Å². The van der Waals surface area contributed by atoms with Gasteiger partial charge in [-0.25, -0.2) is 0 Å². The van der Waals surface area contributed by atoms with Gasteiger partial charge < -0.3 is 5.73 Å². The Morgan fingerprint density at radius 1 is 1.17 bits per heavy atom. The summed E-state index contributed by atoms with van der Waals surface area (Å²) in [5.74, 6) is -0.0145. The molecule has 0 saturated carbocycles. The number of hydrogen-bond donors (Lipinski definition) is 1. The first-order valence-corrected chi connectivity index (χ1v) is 5.83. The lowest BCUT2D eigenvalue weighted by Gasteiger charge is -2.24. The SMILES string of the molecule is CC(C)(C(=O)c1cnccc1N)c1ccccc1. The van der Waals surface area contributed by atoms with Gasteiger partial charge in [0.15, 0.2) is 5.78 Å². The van der Waals surface area contributed by atoms with Gasteiger partial charge in [-0.15, -0.1) is 0 Å². The number of rotatable bonds is 3. The number of carbonyl (C=O) groups is 1. The number of carbonyl (C=O) groups excluding carboxylic acids is 1. The highest BCUT2D eigenvalue weighted by molar-refractivity contribution is 6.06. The second-order valence-corrected chi connectivity index (χ2v) is 4.78. The molecule has 3 heteroatoms. The number of nitrogens with zero attached hydrogens (tertiary/aromatic N) is 1. The van der Waals surface area contributed by atoms with Gasteiger partial charge in [0.1, 0.15) is 0 Å². The van der Waals surface area contributed by atoms with E-state index in [1.165, 1.54) is 6.20 Å². The molecule has 0 aliphatic heterocycles. The lowest BCUT2D eigenvalue weighted by Crippen LogP contribution is -2.29. The molecule has 0 unspecified atom stereocenters. The number of nitrogens with two attached hydrogens (primary N) is 1. The zero-order valence-electron chi connectivity index (χ0n) is 10.6. The molecule has 0 aliphatic rings. The van der Waals surface area contributed by atoms with Crippen molar-refractivity contribution in [3.8, 4) is 0 Å². The van der Waals surface area contributed by atoms with E-state index in [2.05, 4.69) is 4.98 Å². The zero-order valence-corrected chi connectivity index (χ0v) is 10.6. The topological polar surface area (TPSA) is 56.0 Å². The Kier molecular flexibility index (Phi) is 3.15. The monoisotopic (exact) mass is 240 g/mol. The van der Waals surface area contributed by atoms with Gasteiger partial charge in [-0.1, -0.05) is 30.3 Å². The summed E-state index contributed by atoms with van der Waals surface area (Å²) in [6, 6.07) is 11.3. The van der Waals surface area contributed by atoms with Crippen LogP contribution < -0.4 is 5.73 Å². The molecule has 1 heterocycles. The van der Waals surface area contributed by atoms with Crippen LogP contribution in [0.5, 0.6) is 0 Å². The van der Waals surface area contributed by atoms with Gasteiger partial charge in [-0.05, 0) is 25.5 Å². The molecule has 0 amide bonds. The largest absolute Gasteiger partial charge is 0.398 e. The summed E-state index contributed by atoms with van der Waals surface area (Å²) in [7, 11) is 0. The number of ketones is 1. The minimum atomic E-state index is -0.613. The van der Waals surface area contributed by atoms with Crippen molar-refractivity contribution >= 4 is 11.5 Å². The first-order chi connectivity index (χ1) is 8.53. The Labute approximate surface area is 107 Å². The molecule has 92 valence electrons. The molecule has 0 spiro atoms. The van der Waals surface area contributed by atoms with E-state index >= 15 is 0 Å². The van der Waals surface area contributed by atoms with E-state index < -0.39 is 5.41 Å². The Morgan fingerprint density at radius 2 is 1.83 bits per heavy atom. The molecule has 0 aliphatic carbocycles. The molecule has 1 aromatic carbocycles. The van der Waals surface area contributed by atoms with Gasteiger partial charge in [0, 0.05) is 18.1 Å². The normalized spacial score (nSPS) is 11.2. The average molecular weight is 240 g/mol. The summed E-state index contributed by atoms with van der Waals surface area (Å²) >= 11 is 0. The van der Waals surface area contributed by atoms with Crippen molar-refractivity contribution in [3.63, 3.8) is 0 Å². The second kappa shape index (κ2) is 4.61. The molecule has 0 saturated heterocycles. The van der Waals surface area contributed by atoms with Gasteiger partial charge >= 0.3 is 0 Å². The third kappa shape index (κ3) is 2.12. The van der Waals surface area contributed by atoms with Crippen LogP contribution in [0.15, 0.2) is 48.8 Å². The first kappa shape index (κ1) is 12.3. The molecular weight excluding hydrogens is 224 g/mol. The van der Waals surface area contributed by atoms with Crippen molar-refractivity contribution in [2.45, 2.75) is 19.3 Å². The highest BCUT2D eigenvalue weighted by atomic mass is 16.1. The molecule has 0 radical (unpaired) electrons. The zero-order chi connectivity index (χ0) is 13.2. The number of nitrogen functional groups attached to an aromatic ring is 1. The maximum absolute atomic E-state index is 12.6. The smallest absolute Gasteiger partial charge is 0.176 e. The molecule has 18 heavy (non-hydrogen) atoms. The maximum atomic E-state index is 12.6. The minimum Gasteiger partial charge on any atom is -0.398 e. The Hall–Kier alpha value is -2.16. The van der Waals surface area contributed by atoms with E-state index in [1.807, 2.05) is 44.2 Å².